The molecule has 1 aromatic heterocycles. The minimum Gasteiger partial charge on any atom is -0.477 e. The molecule has 0 aliphatic carbocycles. The largest absolute Gasteiger partial charge is 0.477 e. The van der Waals surface area contributed by atoms with Gasteiger partial charge >= 0.3 is 5.97 Å². The molecule has 0 radical (unpaired) electrons. The van der Waals surface area contributed by atoms with Crippen molar-refractivity contribution in [1.82, 2.24) is 4.98 Å². The molecule has 0 spiro atoms. The van der Waals surface area contributed by atoms with E-state index in [2.05, 4.69) is 4.98 Å². The van der Waals surface area contributed by atoms with Crippen molar-refractivity contribution in [3.63, 3.8) is 0 Å². The molecule has 1 aromatic rings. The zero-order valence-electron chi connectivity index (χ0n) is 7.82. The number of aromatic carboxylic acids is 1. The van der Waals surface area contributed by atoms with Crippen molar-refractivity contribution in [2.24, 2.45) is 0 Å². The monoisotopic (exact) mass is 229 g/mol. The Hall–Kier alpha value is -0.550. The van der Waals surface area contributed by atoms with Crippen LogP contribution >= 0.6 is 23.1 Å². The molecule has 14 heavy (non-hydrogen) atoms. The second-order valence-corrected chi connectivity index (χ2v) is 5.51. The number of thioether (sulfide) groups is 1. The Bertz CT molecular complexity index is 356. The highest BCUT2D eigenvalue weighted by atomic mass is 32.2. The predicted octanol–water partition coefficient (Wildman–Crippen LogP) is 2.37. The van der Waals surface area contributed by atoms with Crippen molar-refractivity contribution in [3.8, 4) is 0 Å². The van der Waals surface area contributed by atoms with E-state index in [4.69, 9.17) is 5.11 Å². The first kappa shape index (κ1) is 9.98. The molecule has 1 saturated heterocycles. The maximum atomic E-state index is 10.8. The van der Waals surface area contributed by atoms with Crippen LogP contribution in [0, 0.1) is 6.92 Å². The van der Waals surface area contributed by atoms with Crippen LogP contribution in [-0.4, -0.2) is 27.6 Å². The van der Waals surface area contributed by atoms with Gasteiger partial charge in [-0.25, -0.2) is 9.78 Å². The third-order valence-electron chi connectivity index (χ3n) is 2.29. The minimum atomic E-state index is -0.850. The average Bonchev–Trinajstić information content (AvgIpc) is 2.70. The molecule has 2 heterocycles. The lowest BCUT2D eigenvalue weighted by molar-refractivity contribution is 0.0701. The van der Waals surface area contributed by atoms with Gasteiger partial charge in [0.15, 0.2) is 0 Å². The maximum absolute atomic E-state index is 10.8. The number of carboxylic acids is 1. The fraction of sp³-hybridized carbons (Fsp3) is 0.556. The standard InChI is InChI=1S/C9H11NO2S2/c1-5-7(9(11)12)14-8(10-5)6-2-3-13-4-6/h6H,2-4H2,1H3,(H,11,12). The van der Waals surface area contributed by atoms with Crippen LogP contribution in [-0.2, 0) is 0 Å². The van der Waals surface area contributed by atoms with Crippen LogP contribution in [0.15, 0.2) is 0 Å². The van der Waals surface area contributed by atoms with Crippen LogP contribution < -0.4 is 0 Å². The van der Waals surface area contributed by atoms with Crippen molar-refractivity contribution in [3.05, 3.63) is 15.6 Å². The van der Waals surface area contributed by atoms with Gasteiger partial charge in [0.1, 0.15) is 4.88 Å². The number of rotatable bonds is 2. The van der Waals surface area contributed by atoms with Crippen molar-refractivity contribution >= 4 is 29.1 Å². The SMILES string of the molecule is Cc1nc(C2CCSC2)sc1C(=O)O. The first-order valence-corrected chi connectivity index (χ1v) is 6.44. The van der Waals surface area contributed by atoms with Crippen molar-refractivity contribution in [2.75, 3.05) is 11.5 Å². The normalized spacial score (nSPS) is 21.4. The van der Waals surface area contributed by atoms with E-state index in [1.165, 1.54) is 17.1 Å². The van der Waals surface area contributed by atoms with Gasteiger partial charge < -0.3 is 5.11 Å². The molecule has 1 atom stereocenters. The molecule has 5 heteroatoms. The van der Waals surface area contributed by atoms with Gasteiger partial charge in [0, 0.05) is 11.7 Å². The third kappa shape index (κ3) is 1.79. The van der Waals surface area contributed by atoms with Crippen LogP contribution in [0.4, 0.5) is 0 Å². The number of hydrogen-bond acceptors (Lipinski definition) is 4. The molecule has 1 N–H and O–H groups in total. The van der Waals surface area contributed by atoms with E-state index in [1.807, 2.05) is 11.8 Å². The van der Waals surface area contributed by atoms with Gasteiger partial charge in [0.25, 0.3) is 0 Å². The number of hydrogen-bond donors (Lipinski definition) is 1. The summed E-state index contributed by atoms with van der Waals surface area (Å²) in [6, 6.07) is 0. The highest BCUT2D eigenvalue weighted by Crippen LogP contribution is 2.35. The molecule has 1 fully saturated rings. The number of carbonyl (C=O) groups is 1. The zero-order valence-corrected chi connectivity index (χ0v) is 9.45. The predicted molar refractivity (Wildman–Crippen MR) is 58.5 cm³/mol. The van der Waals surface area contributed by atoms with Crippen LogP contribution in [0.25, 0.3) is 0 Å². The van der Waals surface area contributed by atoms with E-state index in [9.17, 15) is 4.79 Å². The summed E-state index contributed by atoms with van der Waals surface area (Å²) in [5.41, 5.74) is 0.661. The summed E-state index contributed by atoms with van der Waals surface area (Å²) >= 11 is 3.26. The Kier molecular flexibility index (Phi) is 2.78. The summed E-state index contributed by atoms with van der Waals surface area (Å²) in [5.74, 6) is 1.89. The molecular formula is C9H11NO2S2. The van der Waals surface area contributed by atoms with E-state index in [0.717, 1.165) is 17.2 Å². The molecule has 0 bridgehead atoms. The van der Waals surface area contributed by atoms with Crippen LogP contribution in [0.3, 0.4) is 0 Å². The second-order valence-electron chi connectivity index (χ2n) is 3.33. The highest BCUT2D eigenvalue weighted by Gasteiger charge is 2.23. The highest BCUT2D eigenvalue weighted by molar-refractivity contribution is 7.99. The van der Waals surface area contributed by atoms with Crippen LogP contribution in [0.2, 0.25) is 0 Å². The molecule has 1 unspecified atom stereocenters. The van der Waals surface area contributed by atoms with Crippen molar-refractivity contribution in [2.45, 2.75) is 19.3 Å². The van der Waals surface area contributed by atoms with E-state index in [-0.39, 0.29) is 0 Å². The molecule has 3 nitrogen and oxygen atoms in total. The molecule has 1 aliphatic heterocycles. The number of carboxylic acid groups (broad SMARTS) is 1. The van der Waals surface area contributed by atoms with Crippen LogP contribution in [0.1, 0.15) is 32.7 Å². The fourth-order valence-corrected chi connectivity index (χ4v) is 3.89. The Balaban J connectivity index is 2.27. The van der Waals surface area contributed by atoms with Gasteiger partial charge in [-0.1, -0.05) is 0 Å². The van der Waals surface area contributed by atoms with Gasteiger partial charge in [-0.05, 0) is 19.1 Å². The number of aromatic nitrogens is 1. The lowest BCUT2D eigenvalue weighted by Gasteiger charge is -2.00. The Morgan fingerprint density at radius 2 is 2.43 bits per heavy atom. The summed E-state index contributed by atoms with van der Waals surface area (Å²) in [7, 11) is 0. The number of aryl methyl sites for hydroxylation is 1. The molecule has 0 amide bonds. The summed E-state index contributed by atoms with van der Waals surface area (Å²) in [6.45, 7) is 1.77. The zero-order chi connectivity index (χ0) is 10.1. The lowest BCUT2D eigenvalue weighted by Crippen LogP contribution is -1.94. The summed E-state index contributed by atoms with van der Waals surface area (Å²) < 4.78 is 0. The van der Waals surface area contributed by atoms with Gasteiger partial charge in [-0.3, -0.25) is 0 Å². The first-order valence-electron chi connectivity index (χ1n) is 4.47. The lowest BCUT2D eigenvalue weighted by atomic mass is 10.1. The van der Waals surface area contributed by atoms with Crippen molar-refractivity contribution in [1.29, 1.82) is 0 Å². The molecule has 1 aliphatic rings. The number of nitrogens with zero attached hydrogens (tertiary/aromatic N) is 1. The molecule has 76 valence electrons. The molecular weight excluding hydrogens is 218 g/mol. The third-order valence-corrected chi connectivity index (χ3v) is 4.76. The van der Waals surface area contributed by atoms with Gasteiger partial charge in [0.2, 0.25) is 0 Å². The summed E-state index contributed by atoms with van der Waals surface area (Å²) in [5, 5.41) is 9.89. The van der Waals surface area contributed by atoms with E-state index >= 15 is 0 Å². The number of thiazole rings is 1. The van der Waals surface area contributed by atoms with Crippen LogP contribution in [0.5, 0.6) is 0 Å². The molecule has 0 aromatic carbocycles. The Morgan fingerprint density at radius 1 is 1.64 bits per heavy atom. The quantitative estimate of drug-likeness (QED) is 0.846. The van der Waals surface area contributed by atoms with Gasteiger partial charge in [-0.15, -0.1) is 11.3 Å². The van der Waals surface area contributed by atoms with E-state index in [0.29, 0.717) is 16.5 Å². The fourth-order valence-electron chi connectivity index (χ4n) is 1.52. The molecule has 0 saturated carbocycles. The Morgan fingerprint density at radius 3 is 2.93 bits per heavy atom. The maximum Gasteiger partial charge on any atom is 0.347 e. The van der Waals surface area contributed by atoms with E-state index < -0.39 is 5.97 Å². The smallest absolute Gasteiger partial charge is 0.347 e. The van der Waals surface area contributed by atoms with Gasteiger partial charge in [0.05, 0.1) is 10.7 Å². The Labute approximate surface area is 90.6 Å². The first-order chi connectivity index (χ1) is 6.68. The minimum absolute atomic E-state index is 0.400. The topological polar surface area (TPSA) is 50.2 Å². The van der Waals surface area contributed by atoms with Gasteiger partial charge in [-0.2, -0.15) is 11.8 Å². The summed E-state index contributed by atoms with van der Waals surface area (Å²) in [4.78, 5) is 15.6. The second kappa shape index (κ2) is 3.90. The molecule has 2 rings (SSSR count). The van der Waals surface area contributed by atoms with E-state index in [1.54, 1.807) is 6.92 Å². The summed E-state index contributed by atoms with van der Waals surface area (Å²) in [6.07, 6.45) is 1.14. The average molecular weight is 229 g/mol. The van der Waals surface area contributed by atoms with Crippen molar-refractivity contribution < 1.29 is 9.90 Å².